The van der Waals surface area contributed by atoms with Crippen LogP contribution >= 0.6 is 0 Å². The molecule has 0 N–H and O–H groups in total. The normalized spacial score (nSPS) is 34.7. The molecule has 0 spiro atoms. The summed E-state index contributed by atoms with van der Waals surface area (Å²) in [7, 11) is 1.52. The average Bonchev–Trinajstić information content (AvgIpc) is 2.12. The van der Waals surface area contributed by atoms with Gasteiger partial charge in [-0.2, -0.15) is 0 Å². The topological polar surface area (TPSA) is 35.5 Å². The fraction of sp³-hybridized carbons (Fsp3) is 0.833. The molecule has 0 unspecified atom stereocenters. The van der Waals surface area contributed by atoms with Crippen molar-refractivity contribution in [1.82, 2.24) is 0 Å². The monoisotopic (exact) mass is 130 g/mol. The highest BCUT2D eigenvalue weighted by atomic mass is 16.6. The summed E-state index contributed by atoms with van der Waals surface area (Å²) in [6, 6.07) is 0. The molecule has 1 heterocycles. The number of esters is 1. The third-order valence-electron chi connectivity index (χ3n) is 1.49. The van der Waals surface area contributed by atoms with Gasteiger partial charge >= 0.3 is 5.97 Å². The van der Waals surface area contributed by atoms with E-state index in [1.807, 2.05) is 6.92 Å². The van der Waals surface area contributed by atoms with Crippen LogP contribution in [0.5, 0.6) is 0 Å². The van der Waals surface area contributed by atoms with Crippen LogP contribution in [0.3, 0.4) is 0 Å². The summed E-state index contributed by atoms with van der Waals surface area (Å²) in [5.41, 5.74) is 0. The van der Waals surface area contributed by atoms with Crippen LogP contribution in [-0.4, -0.2) is 25.8 Å². The molecule has 0 aromatic carbocycles. The first-order valence-corrected chi connectivity index (χ1v) is 2.95. The van der Waals surface area contributed by atoms with Gasteiger partial charge in [-0.05, 0) is 0 Å². The van der Waals surface area contributed by atoms with Crippen LogP contribution in [0.1, 0.15) is 6.92 Å². The molecule has 1 aliphatic heterocycles. The SMILES string of the molecule is CO[C@H]1C(=O)OC[C@@H]1C. The molecular formula is C6H10O3. The van der Waals surface area contributed by atoms with Crippen LogP contribution in [0, 0.1) is 5.92 Å². The van der Waals surface area contributed by atoms with E-state index in [9.17, 15) is 4.79 Å². The lowest BCUT2D eigenvalue weighted by atomic mass is 10.1. The molecule has 0 saturated carbocycles. The average molecular weight is 130 g/mol. The second-order valence-electron chi connectivity index (χ2n) is 2.26. The highest BCUT2D eigenvalue weighted by Crippen LogP contribution is 2.16. The van der Waals surface area contributed by atoms with Gasteiger partial charge < -0.3 is 9.47 Å². The van der Waals surface area contributed by atoms with E-state index in [4.69, 9.17) is 9.47 Å². The third-order valence-corrected chi connectivity index (χ3v) is 1.49. The molecule has 52 valence electrons. The smallest absolute Gasteiger partial charge is 0.335 e. The standard InChI is InChI=1S/C6H10O3/c1-4-3-9-6(7)5(4)8-2/h4-5H,3H2,1-2H3/t4-,5+/m0/s1. The first kappa shape index (κ1) is 6.55. The molecule has 9 heavy (non-hydrogen) atoms. The fourth-order valence-electron chi connectivity index (χ4n) is 0.944. The molecule has 1 fully saturated rings. The summed E-state index contributed by atoms with van der Waals surface area (Å²) in [4.78, 5) is 10.7. The Kier molecular flexibility index (Phi) is 1.71. The number of hydrogen-bond donors (Lipinski definition) is 0. The van der Waals surface area contributed by atoms with E-state index in [0.717, 1.165) is 0 Å². The molecule has 3 heteroatoms. The van der Waals surface area contributed by atoms with E-state index in [0.29, 0.717) is 6.61 Å². The number of rotatable bonds is 1. The van der Waals surface area contributed by atoms with Gasteiger partial charge in [-0.3, -0.25) is 0 Å². The molecule has 0 amide bonds. The molecule has 1 saturated heterocycles. The Morgan fingerprint density at radius 3 is 2.67 bits per heavy atom. The maximum Gasteiger partial charge on any atom is 0.335 e. The van der Waals surface area contributed by atoms with Crippen LogP contribution in [0.25, 0.3) is 0 Å². The predicted molar refractivity (Wildman–Crippen MR) is 30.9 cm³/mol. The fourth-order valence-corrected chi connectivity index (χ4v) is 0.944. The van der Waals surface area contributed by atoms with Gasteiger partial charge in [0.15, 0.2) is 6.10 Å². The van der Waals surface area contributed by atoms with E-state index < -0.39 is 0 Å². The van der Waals surface area contributed by atoms with Crippen LogP contribution < -0.4 is 0 Å². The molecule has 0 aromatic heterocycles. The summed E-state index contributed by atoms with van der Waals surface area (Å²) in [5, 5.41) is 0. The number of methoxy groups -OCH3 is 1. The Bertz CT molecular complexity index is 121. The van der Waals surface area contributed by atoms with Crippen molar-refractivity contribution in [3.8, 4) is 0 Å². The summed E-state index contributed by atoms with van der Waals surface area (Å²) >= 11 is 0. The number of carbonyl (C=O) groups excluding carboxylic acids is 1. The van der Waals surface area contributed by atoms with Gasteiger partial charge in [0.1, 0.15) is 0 Å². The first-order valence-electron chi connectivity index (χ1n) is 2.95. The minimum absolute atomic E-state index is 0.211. The maximum absolute atomic E-state index is 10.7. The quantitative estimate of drug-likeness (QED) is 0.475. The van der Waals surface area contributed by atoms with Gasteiger partial charge in [0.2, 0.25) is 0 Å². The maximum atomic E-state index is 10.7. The van der Waals surface area contributed by atoms with E-state index >= 15 is 0 Å². The molecule has 0 bridgehead atoms. The predicted octanol–water partition coefficient (Wildman–Crippen LogP) is 0.194. The Morgan fingerprint density at radius 1 is 1.78 bits per heavy atom. The lowest BCUT2D eigenvalue weighted by Gasteiger charge is -2.05. The van der Waals surface area contributed by atoms with E-state index in [-0.39, 0.29) is 18.0 Å². The van der Waals surface area contributed by atoms with Crippen molar-refractivity contribution in [3.05, 3.63) is 0 Å². The zero-order chi connectivity index (χ0) is 6.85. The lowest BCUT2D eigenvalue weighted by Crippen LogP contribution is -2.22. The van der Waals surface area contributed by atoms with Crippen molar-refractivity contribution in [1.29, 1.82) is 0 Å². The second-order valence-corrected chi connectivity index (χ2v) is 2.26. The summed E-state index contributed by atoms with van der Waals surface area (Å²) in [5.74, 6) is -0.0208. The molecule has 0 aliphatic carbocycles. The van der Waals surface area contributed by atoms with Gasteiger partial charge in [0.25, 0.3) is 0 Å². The van der Waals surface area contributed by atoms with E-state index in [1.165, 1.54) is 7.11 Å². The van der Waals surface area contributed by atoms with Crippen molar-refractivity contribution in [2.75, 3.05) is 13.7 Å². The molecule has 1 aliphatic rings. The Hall–Kier alpha value is -0.570. The van der Waals surface area contributed by atoms with Gasteiger partial charge in [-0.25, -0.2) is 4.79 Å². The van der Waals surface area contributed by atoms with Gasteiger partial charge in [0, 0.05) is 13.0 Å². The third kappa shape index (κ3) is 1.05. The summed E-state index contributed by atoms with van der Waals surface area (Å²) in [6.45, 7) is 2.43. The second kappa shape index (κ2) is 2.35. The van der Waals surface area contributed by atoms with Crippen LogP contribution in [-0.2, 0) is 14.3 Å². The molecule has 0 aromatic rings. The Labute approximate surface area is 53.9 Å². The molecule has 2 atom stereocenters. The summed E-state index contributed by atoms with van der Waals surface area (Å²) in [6.07, 6.45) is -0.329. The number of carbonyl (C=O) groups is 1. The Balaban J connectivity index is 2.55. The van der Waals surface area contributed by atoms with Gasteiger partial charge in [-0.15, -0.1) is 0 Å². The van der Waals surface area contributed by atoms with Crippen LogP contribution in [0.4, 0.5) is 0 Å². The van der Waals surface area contributed by atoms with Crippen LogP contribution in [0.2, 0.25) is 0 Å². The zero-order valence-electron chi connectivity index (χ0n) is 5.59. The van der Waals surface area contributed by atoms with Crippen molar-refractivity contribution >= 4 is 5.97 Å². The zero-order valence-corrected chi connectivity index (χ0v) is 5.59. The first-order chi connectivity index (χ1) is 4.25. The highest BCUT2D eigenvalue weighted by molar-refractivity contribution is 5.76. The van der Waals surface area contributed by atoms with Gasteiger partial charge in [0.05, 0.1) is 6.61 Å². The van der Waals surface area contributed by atoms with E-state index in [2.05, 4.69) is 0 Å². The van der Waals surface area contributed by atoms with Gasteiger partial charge in [-0.1, -0.05) is 6.92 Å². The largest absolute Gasteiger partial charge is 0.463 e. The van der Waals surface area contributed by atoms with Crippen molar-refractivity contribution < 1.29 is 14.3 Å². The minimum atomic E-state index is -0.329. The lowest BCUT2D eigenvalue weighted by molar-refractivity contribution is -0.146. The number of hydrogen-bond acceptors (Lipinski definition) is 3. The molecule has 1 rings (SSSR count). The van der Waals surface area contributed by atoms with Crippen molar-refractivity contribution in [2.45, 2.75) is 13.0 Å². The number of cyclic esters (lactones) is 1. The molecular weight excluding hydrogens is 120 g/mol. The molecule has 3 nitrogen and oxygen atoms in total. The van der Waals surface area contributed by atoms with Crippen molar-refractivity contribution in [2.24, 2.45) is 5.92 Å². The van der Waals surface area contributed by atoms with Crippen molar-refractivity contribution in [3.63, 3.8) is 0 Å². The highest BCUT2D eigenvalue weighted by Gasteiger charge is 2.33. The molecule has 0 radical (unpaired) electrons. The minimum Gasteiger partial charge on any atom is -0.463 e. The van der Waals surface area contributed by atoms with E-state index in [1.54, 1.807) is 0 Å². The number of ether oxygens (including phenoxy) is 2. The summed E-state index contributed by atoms with van der Waals surface area (Å²) < 4.78 is 9.57. The Morgan fingerprint density at radius 2 is 2.44 bits per heavy atom. The van der Waals surface area contributed by atoms with Crippen LogP contribution in [0.15, 0.2) is 0 Å².